The molecular weight excluding hydrogens is 276 g/mol. The molecule has 0 amide bonds. The van der Waals surface area contributed by atoms with Crippen LogP contribution in [0.2, 0.25) is 0 Å². The number of benzene rings is 2. The van der Waals surface area contributed by atoms with Crippen molar-refractivity contribution in [2.75, 3.05) is 0 Å². The zero-order valence-corrected chi connectivity index (χ0v) is 12.6. The van der Waals surface area contributed by atoms with Gasteiger partial charge in [0.15, 0.2) is 5.76 Å². The van der Waals surface area contributed by atoms with Gasteiger partial charge in [0.2, 0.25) is 5.78 Å². The van der Waals surface area contributed by atoms with Gasteiger partial charge >= 0.3 is 5.63 Å². The Labute approximate surface area is 128 Å². The zero-order valence-electron chi connectivity index (χ0n) is 12.6. The summed E-state index contributed by atoms with van der Waals surface area (Å²) >= 11 is 0. The second kappa shape index (κ2) is 5.60. The van der Waals surface area contributed by atoms with Crippen LogP contribution in [0.5, 0.6) is 0 Å². The maximum Gasteiger partial charge on any atom is 0.344 e. The van der Waals surface area contributed by atoms with Crippen molar-refractivity contribution in [1.29, 1.82) is 0 Å². The minimum atomic E-state index is -0.469. The van der Waals surface area contributed by atoms with E-state index in [1.165, 1.54) is 0 Å². The number of aryl methyl sites for hydroxylation is 2. The molecule has 3 aromatic rings. The molecule has 0 atom stereocenters. The van der Waals surface area contributed by atoms with Gasteiger partial charge in [-0.1, -0.05) is 55.0 Å². The summed E-state index contributed by atoms with van der Waals surface area (Å²) in [6.07, 6.45) is 0.622. The van der Waals surface area contributed by atoms with Gasteiger partial charge in [0.1, 0.15) is 0 Å². The Hall–Kier alpha value is -2.68. The van der Waals surface area contributed by atoms with Crippen molar-refractivity contribution >= 4 is 16.6 Å². The zero-order chi connectivity index (χ0) is 15.7. The molecule has 0 bridgehead atoms. The van der Waals surface area contributed by atoms with Crippen molar-refractivity contribution in [2.24, 2.45) is 0 Å². The number of carbonyl (C=O) groups excluding carboxylic acids is 1. The molecule has 1 heterocycles. The maximum absolute atomic E-state index is 12.7. The predicted octanol–water partition coefficient (Wildman–Crippen LogP) is 3.89. The number of hydrogen-bond acceptors (Lipinski definition) is 3. The lowest BCUT2D eigenvalue weighted by atomic mass is 9.98. The summed E-state index contributed by atoms with van der Waals surface area (Å²) in [6, 6.07) is 14.5. The largest absolute Gasteiger partial charge is 0.418 e. The molecule has 0 aliphatic heterocycles. The van der Waals surface area contributed by atoms with Crippen LogP contribution in [0.15, 0.2) is 57.7 Å². The normalized spacial score (nSPS) is 10.8. The maximum atomic E-state index is 12.7. The van der Waals surface area contributed by atoms with Crippen LogP contribution in [0.3, 0.4) is 0 Å². The van der Waals surface area contributed by atoms with Gasteiger partial charge in [0.25, 0.3) is 0 Å². The molecule has 22 heavy (non-hydrogen) atoms. The van der Waals surface area contributed by atoms with E-state index in [1.807, 2.05) is 38.1 Å². The van der Waals surface area contributed by atoms with Crippen LogP contribution < -0.4 is 5.63 Å². The monoisotopic (exact) mass is 292 g/mol. The van der Waals surface area contributed by atoms with E-state index >= 15 is 0 Å². The van der Waals surface area contributed by atoms with Gasteiger partial charge in [-0.3, -0.25) is 4.79 Å². The van der Waals surface area contributed by atoms with Crippen LogP contribution in [-0.2, 0) is 6.42 Å². The minimum absolute atomic E-state index is 0.148. The first-order valence-electron chi connectivity index (χ1n) is 7.28. The lowest BCUT2D eigenvalue weighted by Gasteiger charge is -2.09. The summed E-state index contributed by atoms with van der Waals surface area (Å²) in [5.74, 6) is -0.102. The molecule has 0 saturated heterocycles. The van der Waals surface area contributed by atoms with E-state index in [9.17, 15) is 9.59 Å². The fourth-order valence-corrected chi connectivity index (χ4v) is 2.63. The number of ketones is 1. The second-order valence-corrected chi connectivity index (χ2v) is 5.29. The number of carbonyl (C=O) groups is 1. The Morgan fingerprint density at radius 1 is 1.00 bits per heavy atom. The summed E-state index contributed by atoms with van der Waals surface area (Å²) in [5, 5.41) is 1.30. The topological polar surface area (TPSA) is 47.3 Å². The average molecular weight is 292 g/mol. The van der Waals surface area contributed by atoms with Crippen LogP contribution in [0.4, 0.5) is 0 Å². The Balaban J connectivity index is 2.24. The van der Waals surface area contributed by atoms with E-state index in [4.69, 9.17) is 4.42 Å². The van der Waals surface area contributed by atoms with Crippen molar-refractivity contribution in [3.63, 3.8) is 0 Å². The third-order valence-corrected chi connectivity index (χ3v) is 3.81. The smallest absolute Gasteiger partial charge is 0.344 e. The van der Waals surface area contributed by atoms with Crippen molar-refractivity contribution < 1.29 is 9.21 Å². The molecule has 0 radical (unpaired) electrons. The second-order valence-electron chi connectivity index (χ2n) is 5.29. The van der Waals surface area contributed by atoms with Crippen molar-refractivity contribution in [3.05, 3.63) is 81.4 Å². The van der Waals surface area contributed by atoms with E-state index in [2.05, 4.69) is 0 Å². The van der Waals surface area contributed by atoms with E-state index in [-0.39, 0.29) is 11.5 Å². The Morgan fingerprint density at radius 2 is 1.64 bits per heavy atom. The highest BCUT2D eigenvalue weighted by Crippen LogP contribution is 2.22. The van der Waals surface area contributed by atoms with E-state index in [0.717, 1.165) is 16.5 Å². The van der Waals surface area contributed by atoms with Crippen molar-refractivity contribution in [1.82, 2.24) is 0 Å². The third-order valence-electron chi connectivity index (χ3n) is 3.81. The van der Waals surface area contributed by atoms with E-state index in [0.29, 0.717) is 17.4 Å². The van der Waals surface area contributed by atoms with Gasteiger partial charge in [-0.25, -0.2) is 4.79 Å². The van der Waals surface area contributed by atoms with E-state index in [1.54, 1.807) is 24.3 Å². The fourth-order valence-electron chi connectivity index (χ4n) is 2.63. The molecule has 0 unspecified atom stereocenters. The predicted molar refractivity (Wildman–Crippen MR) is 86.5 cm³/mol. The molecule has 2 aromatic carbocycles. The fraction of sp³-hybridized carbons (Fsp3) is 0.158. The molecule has 0 aliphatic carbocycles. The molecule has 0 N–H and O–H groups in total. The first kappa shape index (κ1) is 14.3. The van der Waals surface area contributed by atoms with Gasteiger partial charge in [0.05, 0.1) is 5.39 Å². The highest BCUT2D eigenvalue weighted by atomic mass is 16.4. The molecule has 110 valence electrons. The lowest BCUT2D eigenvalue weighted by Crippen LogP contribution is -2.12. The first-order chi connectivity index (χ1) is 10.6. The van der Waals surface area contributed by atoms with Gasteiger partial charge in [0, 0.05) is 11.1 Å². The van der Waals surface area contributed by atoms with Crippen LogP contribution in [0.1, 0.15) is 34.2 Å². The first-order valence-corrected chi connectivity index (χ1v) is 7.28. The van der Waals surface area contributed by atoms with Crippen LogP contribution in [-0.4, -0.2) is 5.78 Å². The van der Waals surface area contributed by atoms with Crippen LogP contribution >= 0.6 is 0 Å². The van der Waals surface area contributed by atoms with Gasteiger partial charge in [-0.05, 0) is 24.8 Å². The standard InChI is InChI=1S/C19H16O3/c1-3-14-15-6-4-5-7-16(15)19(21)22-18(14)17(20)13-10-8-12(2)9-11-13/h4-11H,3H2,1-2H3. The minimum Gasteiger partial charge on any atom is -0.418 e. The molecule has 1 aromatic heterocycles. The van der Waals surface area contributed by atoms with Crippen molar-refractivity contribution in [2.45, 2.75) is 20.3 Å². The summed E-state index contributed by atoms with van der Waals surface area (Å²) in [5.41, 5.74) is 1.91. The number of rotatable bonds is 3. The lowest BCUT2D eigenvalue weighted by molar-refractivity contribution is 0.100. The van der Waals surface area contributed by atoms with Gasteiger partial charge in [-0.2, -0.15) is 0 Å². The third kappa shape index (κ3) is 2.35. The van der Waals surface area contributed by atoms with Crippen LogP contribution in [0.25, 0.3) is 10.8 Å². The summed E-state index contributed by atoms with van der Waals surface area (Å²) in [7, 11) is 0. The van der Waals surface area contributed by atoms with Gasteiger partial charge in [-0.15, -0.1) is 0 Å². The molecule has 0 fully saturated rings. The van der Waals surface area contributed by atoms with Gasteiger partial charge < -0.3 is 4.42 Å². The van der Waals surface area contributed by atoms with Crippen molar-refractivity contribution in [3.8, 4) is 0 Å². The molecule has 0 aliphatic rings. The Kier molecular flexibility index (Phi) is 3.63. The summed E-state index contributed by atoms with van der Waals surface area (Å²) in [6.45, 7) is 3.91. The molecular formula is C19H16O3. The highest BCUT2D eigenvalue weighted by molar-refractivity contribution is 6.09. The van der Waals surface area contributed by atoms with Crippen LogP contribution in [0, 0.1) is 6.92 Å². The molecule has 3 rings (SSSR count). The molecule has 0 saturated carbocycles. The summed E-state index contributed by atoms with van der Waals surface area (Å²) in [4.78, 5) is 24.8. The quantitative estimate of drug-likeness (QED) is 0.688. The number of hydrogen-bond donors (Lipinski definition) is 0. The Bertz CT molecular complexity index is 902. The number of fused-ring (bicyclic) bond motifs is 1. The Morgan fingerprint density at radius 3 is 2.27 bits per heavy atom. The highest BCUT2D eigenvalue weighted by Gasteiger charge is 2.19. The molecule has 0 spiro atoms. The average Bonchev–Trinajstić information content (AvgIpc) is 2.55. The molecule has 3 heteroatoms. The summed E-state index contributed by atoms with van der Waals surface area (Å²) < 4.78 is 5.35. The van der Waals surface area contributed by atoms with E-state index < -0.39 is 5.63 Å². The SMILES string of the molecule is CCc1c(C(=O)c2ccc(C)cc2)oc(=O)c2ccccc12. The molecule has 3 nitrogen and oxygen atoms in total.